The molecule has 1 fully saturated rings. The van der Waals surface area contributed by atoms with E-state index in [1.54, 1.807) is 19.9 Å². The summed E-state index contributed by atoms with van der Waals surface area (Å²) < 4.78 is 33.5. The Balaban J connectivity index is 2.18. The fourth-order valence-electron chi connectivity index (χ4n) is 2.67. The highest BCUT2D eigenvalue weighted by molar-refractivity contribution is 7.89. The van der Waals surface area contributed by atoms with Crippen LogP contribution in [0.15, 0.2) is 11.0 Å². The van der Waals surface area contributed by atoms with E-state index in [9.17, 15) is 8.42 Å². The Morgan fingerprint density at radius 2 is 1.91 bits per heavy atom. The lowest BCUT2D eigenvalue weighted by atomic mass is 10.2. The summed E-state index contributed by atoms with van der Waals surface area (Å²) in [6, 6.07) is 1.43. The second-order valence-electron chi connectivity index (χ2n) is 5.88. The fourth-order valence-corrected chi connectivity index (χ4v) is 5.11. The summed E-state index contributed by atoms with van der Waals surface area (Å²) in [5.74, 6) is 0. The van der Waals surface area contributed by atoms with E-state index in [2.05, 4.69) is 9.62 Å². The number of benzene rings is 1. The zero-order chi connectivity index (χ0) is 17.2. The van der Waals surface area contributed by atoms with E-state index >= 15 is 0 Å². The molecule has 8 heteroatoms. The molecule has 0 saturated carbocycles. The van der Waals surface area contributed by atoms with Crippen molar-refractivity contribution in [3.63, 3.8) is 0 Å². The third-order valence-corrected chi connectivity index (χ3v) is 6.60. The van der Waals surface area contributed by atoms with E-state index in [0.717, 1.165) is 13.1 Å². The third kappa shape index (κ3) is 4.59. The van der Waals surface area contributed by atoms with Gasteiger partial charge in [-0.15, -0.1) is 0 Å². The molecule has 0 bridgehead atoms. The molecular weight excluding hydrogens is 359 g/mol. The van der Waals surface area contributed by atoms with Gasteiger partial charge in [0.15, 0.2) is 0 Å². The predicted octanol–water partition coefficient (Wildman–Crippen LogP) is 2.61. The predicted molar refractivity (Wildman–Crippen MR) is 93.0 cm³/mol. The van der Waals surface area contributed by atoms with Gasteiger partial charge in [-0.2, -0.15) is 0 Å². The number of sulfonamides is 1. The highest BCUT2D eigenvalue weighted by Gasteiger charge is 2.26. The lowest BCUT2D eigenvalue weighted by Crippen LogP contribution is -2.46. The van der Waals surface area contributed by atoms with E-state index in [1.807, 2.05) is 6.92 Å². The van der Waals surface area contributed by atoms with E-state index in [-0.39, 0.29) is 16.0 Å². The Hall–Kier alpha value is -0.370. The molecule has 0 aromatic heterocycles. The summed E-state index contributed by atoms with van der Waals surface area (Å²) in [7, 11) is -3.74. The molecule has 1 aromatic rings. The van der Waals surface area contributed by atoms with Crippen molar-refractivity contribution in [2.24, 2.45) is 0 Å². The van der Waals surface area contributed by atoms with Crippen LogP contribution in [-0.2, 0) is 14.8 Å². The Bertz CT molecular complexity index is 648. The molecule has 1 atom stereocenters. The van der Waals surface area contributed by atoms with Crippen molar-refractivity contribution < 1.29 is 13.2 Å². The molecule has 23 heavy (non-hydrogen) atoms. The molecule has 1 aliphatic heterocycles. The van der Waals surface area contributed by atoms with Crippen LogP contribution in [0.3, 0.4) is 0 Å². The molecule has 1 saturated heterocycles. The summed E-state index contributed by atoms with van der Waals surface area (Å²) in [6.45, 7) is 8.84. The van der Waals surface area contributed by atoms with Gasteiger partial charge in [-0.1, -0.05) is 23.2 Å². The Kier molecular flexibility index (Phi) is 6.33. The number of halogens is 2. The molecule has 0 spiro atoms. The van der Waals surface area contributed by atoms with Gasteiger partial charge in [-0.25, -0.2) is 13.1 Å². The number of morpholine rings is 1. The average Bonchev–Trinajstić information content (AvgIpc) is 2.45. The second-order valence-corrected chi connectivity index (χ2v) is 8.31. The zero-order valence-electron chi connectivity index (χ0n) is 13.5. The van der Waals surface area contributed by atoms with Crippen molar-refractivity contribution >= 4 is 33.2 Å². The molecule has 0 unspecified atom stereocenters. The minimum atomic E-state index is -3.74. The molecule has 2 rings (SSSR count). The molecule has 1 heterocycles. The Labute approximate surface area is 148 Å². The maximum Gasteiger partial charge on any atom is 0.242 e. The van der Waals surface area contributed by atoms with Crippen LogP contribution in [0.4, 0.5) is 0 Å². The topological polar surface area (TPSA) is 58.6 Å². The summed E-state index contributed by atoms with van der Waals surface area (Å²) in [5, 5.41) is 0.617. The molecule has 5 nitrogen and oxygen atoms in total. The molecule has 1 N–H and O–H groups in total. The smallest absolute Gasteiger partial charge is 0.242 e. The highest BCUT2D eigenvalue weighted by Crippen LogP contribution is 2.33. The van der Waals surface area contributed by atoms with Crippen LogP contribution < -0.4 is 4.72 Å². The number of nitrogens with one attached hydrogen (secondary N) is 1. The first-order chi connectivity index (χ1) is 10.7. The summed E-state index contributed by atoms with van der Waals surface area (Å²) in [5.41, 5.74) is 1.11. The van der Waals surface area contributed by atoms with Crippen molar-refractivity contribution in [3.05, 3.63) is 27.2 Å². The first-order valence-corrected chi connectivity index (χ1v) is 9.74. The van der Waals surface area contributed by atoms with Crippen LogP contribution in [0.5, 0.6) is 0 Å². The molecule has 130 valence electrons. The summed E-state index contributed by atoms with van der Waals surface area (Å²) in [4.78, 5) is 2.24. The molecule has 1 aromatic carbocycles. The molecular formula is C15H22Cl2N2O3S. The van der Waals surface area contributed by atoms with Gasteiger partial charge in [0.2, 0.25) is 10.0 Å². The molecule has 0 aliphatic carbocycles. The van der Waals surface area contributed by atoms with Gasteiger partial charge in [0.05, 0.1) is 18.2 Å². The maximum atomic E-state index is 12.7. The first-order valence-electron chi connectivity index (χ1n) is 7.50. The Morgan fingerprint density at radius 3 is 2.52 bits per heavy atom. The average molecular weight is 381 g/mol. The van der Waals surface area contributed by atoms with Crippen LogP contribution in [0.25, 0.3) is 0 Å². The summed E-state index contributed by atoms with van der Waals surface area (Å²) in [6.07, 6.45) is 0. The quantitative estimate of drug-likeness (QED) is 0.852. The lowest BCUT2D eigenvalue weighted by Gasteiger charge is -2.29. The molecule has 0 radical (unpaired) electrons. The fraction of sp³-hybridized carbons (Fsp3) is 0.600. The van der Waals surface area contributed by atoms with Crippen LogP contribution in [0, 0.1) is 13.8 Å². The van der Waals surface area contributed by atoms with Gasteiger partial charge < -0.3 is 4.74 Å². The standard InChI is InChI=1S/C15H22Cl2N2O3S/c1-10-8-13(16)12(3)15(14(10)17)23(20,21)18-11(2)9-19-4-6-22-7-5-19/h8,11,18H,4-7,9H2,1-3H3/t11-/m0/s1. The van der Waals surface area contributed by atoms with Crippen molar-refractivity contribution in [3.8, 4) is 0 Å². The number of nitrogens with zero attached hydrogens (tertiary/aromatic N) is 1. The van der Waals surface area contributed by atoms with E-state index < -0.39 is 10.0 Å². The van der Waals surface area contributed by atoms with Crippen molar-refractivity contribution in [2.45, 2.75) is 31.7 Å². The van der Waals surface area contributed by atoms with Gasteiger partial charge in [0, 0.05) is 30.7 Å². The van der Waals surface area contributed by atoms with E-state index in [1.165, 1.54) is 0 Å². The second kappa shape index (κ2) is 7.68. The van der Waals surface area contributed by atoms with Crippen molar-refractivity contribution in [1.29, 1.82) is 0 Å². The van der Waals surface area contributed by atoms with Crippen LogP contribution in [0.1, 0.15) is 18.1 Å². The number of aryl methyl sites for hydroxylation is 1. The van der Waals surface area contributed by atoms with Crippen LogP contribution in [0.2, 0.25) is 10.0 Å². The van der Waals surface area contributed by atoms with Gasteiger partial charge >= 0.3 is 0 Å². The number of hydrogen-bond donors (Lipinski definition) is 1. The highest BCUT2D eigenvalue weighted by atomic mass is 35.5. The van der Waals surface area contributed by atoms with Gasteiger partial charge in [-0.3, -0.25) is 4.90 Å². The van der Waals surface area contributed by atoms with Crippen molar-refractivity contribution in [2.75, 3.05) is 32.8 Å². The van der Waals surface area contributed by atoms with E-state index in [4.69, 9.17) is 27.9 Å². The van der Waals surface area contributed by atoms with Crippen molar-refractivity contribution in [1.82, 2.24) is 9.62 Å². The monoisotopic (exact) mass is 380 g/mol. The normalized spacial score (nSPS) is 18.1. The number of ether oxygens (including phenoxy) is 1. The number of rotatable bonds is 5. The minimum absolute atomic E-state index is 0.0676. The SMILES string of the molecule is Cc1cc(Cl)c(C)c(S(=O)(=O)N[C@@H](C)CN2CCOCC2)c1Cl. The first kappa shape index (κ1) is 19.0. The molecule has 1 aliphatic rings. The van der Waals surface area contributed by atoms with Crippen LogP contribution >= 0.6 is 23.2 Å². The van der Waals surface area contributed by atoms with Gasteiger partial charge in [0.25, 0.3) is 0 Å². The number of hydrogen-bond acceptors (Lipinski definition) is 4. The third-order valence-electron chi connectivity index (χ3n) is 3.85. The van der Waals surface area contributed by atoms with Crippen LogP contribution in [-0.4, -0.2) is 52.2 Å². The summed E-state index contributed by atoms with van der Waals surface area (Å²) >= 11 is 12.3. The molecule has 0 amide bonds. The minimum Gasteiger partial charge on any atom is -0.379 e. The largest absolute Gasteiger partial charge is 0.379 e. The Morgan fingerprint density at radius 1 is 1.30 bits per heavy atom. The lowest BCUT2D eigenvalue weighted by molar-refractivity contribution is 0.0354. The maximum absolute atomic E-state index is 12.7. The van der Waals surface area contributed by atoms with E-state index in [0.29, 0.717) is 35.9 Å². The van der Waals surface area contributed by atoms with Gasteiger partial charge in [0.1, 0.15) is 4.90 Å². The zero-order valence-corrected chi connectivity index (χ0v) is 15.9. The van der Waals surface area contributed by atoms with Gasteiger partial charge in [-0.05, 0) is 38.0 Å².